The number of nitrogens with zero attached hydrogens (tertiary/aromatic N) is 1. The number of benzene rings is 1. The van der Waals surface area contributed by atoms with Crippen molar-refractivity contribution in [1.29, 1.82) is 0 Å². The summed E-state index contributed by atoms with van der Waals surface area (Å²) in [6, 6.07) is 5.31. The highest BCUT2D eigenvalue weighted by atomic mass is 16.5. The number of rotatable bonds is 2. The van der Waals surface area contributed by atoms with E-state index in [0.717, 1.165) is 5.56 Å². The fourth-order valence-electron chi connectivity index (χ4n) is 1.66. The lowest BCUT2D eigenvalue weighted by atomic mass is 10.1. The molecule has 0 aliphatic heterocycles. The van der Waals surface area contributed by atoms with E-state index < -0.39 is 5.97 Å². The van der Waals surface area contributed by atoms with Gasteiger partial charge in [-0.05, 0) is 25.5 Å². The van der Waals surface area contributed by atoms with Gasteiger partial charge in [0.15, 0.2) is 0 Å². The Hall–Kier alpha value is -2.17. The molecule has 0 saturated heterocycles. The zero-order valence-corrected chi connectivity index (χ0v) is 9.61. The molecule has 0 amide bonds. The number of nitrogens with one attached hydrogen (secondary N) is 1. The summed E-state index contributed by atoms with van der Waals surface area (Å²) in [6.07, 6.45) is 0. The largest absolute Gasteiger partial charge is 0.460 e. The fraction of sp³-hybridized carbons (Fsp3) is 0.250. The molecule has 0 aliphatic rings. The first-order valence-corrected chi connectivity index (χ1v) is 5.30. The van der Waals surface area contributed by atoms with Crippen LogP contribution in [0.5, 0.6) is 0 Å². The maximum absolute atomic E-state index is 11.8. The molecule has 0 bridgehead atoms. The Bertz CT molecular complexity index is 631. The third-order valence-corrected chi connectivity index (χ3v) is 2.41. The highest BCUT2D eigenvalue weighted by Crippen LogP contribution is 2.11. The molecule has 2 rings (SSSR count). The van der Waals surface area contributed by atoms with Crippen LogP contribution in [0, 0.1) is 6.92 Å². The summed E-state index contributed by atoms with van der Waals surface area (Å²) in [5.41, 5.74) is 1.000. The summed E-state index contributed by atoms with van der Waals surface area (Å²) < 4.78 is 4.79. The molecule has 1 aromatic carbocycles. The molecule has 0 aliphatic carbocycles. The molecule has 5 heteroatoms. The van der Waals surface area contributed by atoms with Gasteiger partial charge in [-0.25, -0.2) is 9.78 Å². The van der Waals surface area contributed by atoms with Gasteiger partial charge in [-0.3, -0.25) is 4.79 Å². The van der Waals surface area contributed by atoms with Gasteiger partial charge >= 0.3 is 5.97 Å². The first-order chi connectivity index (χ1) is 8.13. The predicted octanol–water partition coefficient (Wildman–Crippen LogP) is 1.41. The minimum Gasteiger partial charge on any atom is -0.460 e. The van der Waals surface area contributed by atoms with Crippen molar-refractivity contribution < 1.29 is 9.53 Å². The molecule has 2 aromatic rings. The van der Waals surface area contributed by atoms with Crippen LogP contribution in [0.3, 0.4) is 0 Å². The number of fused-ring (bicyclic) bond motifs is 1. The predicted molar refractivity (Wildman–Crippen MR) is 63.1 cm³/mol. The van der Waals surface area contributed by atoms with Crippen LogP contribution in [0.15, 0.2) is 23.0 Å². The van der Waals surface area contributed by atoms with Gasteiger partial charge < -0.3 is 9.72 Å². The van der Waals surface area contributed by atoms with Gasteiger partial charge in [0.05, 0.1) is 17.5 Å². The molecule has 0 unspecified atom stereocenters. The van der Waals surface area contributed by atoms with Crippen molar-refractivity contribution in [2.24, 2.45) is 0 Å². The first kappa shape index (κ1) is 11.3. The standard InChI is InChI=1S/C12H12N2O3/c1-3-17-12(16)10-13-8-6-4-5-7(2)9(8)11(15)14-10/h4-6H,3H2,1-2H3,(H,13,14,15). The van der Waals surface area contributed by atoms with Gasteiger partial charge in [-0.1, -0.05) is 12.1 Å². The van der Waals surface area contributed by atoms with Crippen LogP contribution >= 0.6 is 0 Å². The summed E-state index contributed by atoms with van der Waals surface area (Å²) in [5.74, 6) is -0.678. The van der Waals surface area contributed by atoms with Crippen LogP contribution < -0.4 is 5.56 Å². The molecule has 88 valence electrons. The van der Waals surface area contributed by atoms with Gasteiger partial charge in [-0.2, -0.15) is 0 Å². The molecule has 0 atom stereocenters. The molecule has 1 aromatic heterocycles. The number of aryl methyl sites for hydroxylation is 1. The smallest absolute Gasteiger partial charge is 0.374 e. The molecular formula is C12H12N2O3. The van der Waals surface area contributed by atoms with Gasteiger partial charge in [0.25, 0.3) is 5.56 Å². The molecule has 5 nitrogen and oxygen atoms in total. The van der Waals surface area contributed by atoms with E-state index in [4.69, 9.17) is 4.74 Å². The highest BCUT2D eigenvalue weighted by molar-refractivity contribution is 5.89. The Morgan fingerprint density at radius 2 is 2.24 bits per heavy atom. The Kier molecular flexibility index (Phi) is 2.91. The van der Waals surface area contributed by atoms with Crippen LogP contribution in [-0.2, 0) is 4.74 Å². The average molecular weight is 232 g/mol. The number of H-pyrrole nitrogens is 1. The quantitative estimate of drug-likeness (QED) is 0.794. The van der Waals surface area contributed by atoms with Crippen molar-refractivity contribution in [1.82, 2.24) is 9.97 Å². The average Bonchev–Trinajstić information content (AvgIpc) is 2.29. The van der Waals surface area contributed by atoms with E-state index in [1.165, 1.54) is 0 Å². The molecular weight excluding hydrogens is 220 g/mol. The second kappa shape index (κ2) is 4.37. The number of esters is 1. The van der Waals surface area contributed by atoms with Crippen LogP contribution in [0.4, 0.5) is 0 Å². The molecule has 17 heavy (non-hydrogen) atoms. The fourth-order valence-corrected chi connectivity index (χ4v) is 1.66. The molecule has 0 fully saturated rings. The minimum atomic E-state index is -0.618. The Morgan fingerprint density at radius 3 is 2.94 bits per heavy atom. The summed E-state index contributed by atoms with van der Waals surface area (Å²) in [7, 11) is 0. The summed E-state index contributed by atoms with van der Waals surface area (Å²) in [5, 5.41) is 0.501. The van der Waals surface area contributed by atoms with Crippen molar-refractivity contribution in [2.45, 2.75) is 13.8 Å². The third kappa shape index (κ3) is 2.04. The van der Waals surface area contributed by atoms with E-state index in [0.29, 0.717) is 10.9 Å². The molecule has 0 spiro atoms. The Balaban J connectivity index is 2.65. The SMILES string of the molecule is CCOC(=O)c1nc2cccc(C)c2c(=O)[nH]1. The molecule has 1 N–H and O–H groups in total. The number of carbonyl (C=O) groups is 1. The lowest BCUT2D eigenvalue weighted by Crippen LogP contribution is -2.18. The number of hydrogen-bond acceptors (Lipinski definition) is 4. The number of ether oxygens (including phenoxy) is 1. The van der Waals surface area contributed by atoms with Crippen LogP contribution in [0.25, 0.3) is 10.9 Å². The normalized spacial score (nSPS) is 10.5. The summed E-state index contributed by atoms with van der Waals surface area (Å²) in [6.45, 7) is 3.76. The van der Waals surface area contributed by atoms with Crippen molar-refractivity contribution in [3.63, 3.8) is 0 Å². The lowest BCUT2D eigenvalue weighted by Gasteiger charge is -2.03. The van der Waals surface area contributed by atoms with E-state index >= 15 is 0 Å². The van der Waals surface area contributed by atoms with Gasteiger partial charge in [0, 0.05) is 0 Å². The Morgan fingerprint density at radius 1 is 1.47 bits per heavy atom. The topological polar surface area (TPSA) is 72.0 Å². The highest BCUT2D eigenvalue weighted by Gasteiger charge is 2.12. The monoisotopic (exact) mass is 232 g/mol. The van der Waals surface area contributed by atoms with Crippen LogP contribution in [0.1, 0.15) is 23.1 Å². The van der Waals surface area contributed by atoms with Gasteiger partial charge in [0.1, 0.15) is 0 Å². The summed E-state index contributed by atoms with van der Waals surface area (Å²) in [4.78, 5) is 29.8. The van der Waals surface area contributed by atoms with E-state index in [9.17, 15) is 9.59 Å². The molecule has 0 saturated carbocycles. The van der Waals surface area contributed by atoms with E-state index in [2.05, 4.69) is 9.97 Å². The zero-order chi connectivity index (χ0) is 12.4. The van der Waals surface area contributed by atoms with E-state index in [-0.39, 0.29) is 18.0 Å². The van der Waals surface area contributed by atoms with Crippen molar-refractivity contribution in [2.75, 3.05) is 6.61 Å². The van der Waals surface area contributed by atoms with Crippen LogP contribution in [0.2, 0.25) is 0 Å². The first-order valence-electron chi connectivity index (χ1n) is 5.30. The van der Waals surface area contributed by atoms with Crippen molar-refractivity contribution in [3.05, 3.63) is 39.9 Å². The number of aromatic nitrogens is 2. The second-order valence-corrected chi connectivity index (χ2v) is 3.60. The maximum atomic E-state index is 11.8. The van der Waals surface area contributed by atoms with E-state index in [1.54, 1.807) is 19.1 Å². The number of carbonyl (C=O) groups excluding carboxylic acids is 1. The van der Waals surface area contributed by atoms with E-state index in [1.807, 2.05) is 13.0 Å². The molecule has 0 radical (unpaired) electrons. The second-order valence-electron chi connectivity index (χ2n) is 3.60. The molecule has 1 heterocycles. The van der Waals surface area contributed by atoms with Crippen LogP contribution in [-0.4, -0.2) is 22.5 Å². The Labute approximate surface area is 97.4 Å². The third-order valence-electron chi connectivity index (χ3n) is 2.41. The number of aromatic amines is 1. The maximum Gasteiger partial charge on any atom is 0.374 e. The van der Waals surface area contributed by atoms with Gasteiger partial charge in [-0.15, -0.1) is 0 Å². The van der Waals surface area contributed by atoms with Gasteiger partial charge in [0.2, 0.25) is 5.82 Å². The zero-order valence-electron chi connectivity index (χ0n) is 9.61. The number of hydrogen-bond donors (Lipinski definition) is 1. The van der Waals surface area contributed by atoms with Crippen molar-refractivity contribution in [3.8, 4) is 0 Å². The minimum absolute atomic E-state index is 0.0602. The lowest BCUT2D eigenvalue weighted by molar-refractivity contribution is 0.0512. The summed E-state index contributed by atoms with van der Waals surface area (Å²) >= 11 is 0. The van der Waals surface area contributed by atoms with Crippen molar-refractivity contribution >= 4 is 16.9 Å².